The van der Waals surface area contributed by atoms with E-state index < -0.39 is 0 Å². The summed E-state index contributed by atoms with van der Waals surface area (Å²) in [4.78, 5) is 2.16. The molecule has 0 unspecified atom stereocenters. The van der Waals surface area contributed by atoms with Crippen molar-refractivity contribution in [1.29, 1.82) is 0 Å². The second-order valence-electron chi connectivity index (χ2n) is 4.43. The summed E-state index contributed by atoms with van der Waals surface area (Å²) in [5, 5.41) is 0. The first-order valence-electron chi connectivity index (χ1n) is 5.67. The molecular formula is C15H17N2. The van der Waals surface area contributed by atoms with Crippen LogP contribution in [0.3, 0.4) is 0 Å². The molecule has 2 aromatic rings. The minimum atomic E-state index is 0.683. The smallest absolute Gasteiger partial charge is 0.0400 e. The van der Waals surface area contributed by atoms with Crippen LogP contribution < -0.4 is 5.73 Å². The molecule has 0 aliphatic rings. The van der Waals surface area contributed by atoms with Gasteiger partial charge in [-0.25, -0.2) is 0 Å². The van der Waals surface area contributed by atoms with Gasteiger partial charge in [0.25, 0.3) is 0 Å². The summed E-state index contributed by atoms with van der Waals surface area (Å²) in [5.41, 5.74) is 10.2. The van der Waals surface area contributed by atoms with E-state index in [1.807, 2.05) is 18.2 Å². The number of rotatable bonds is 3. The van der Waals surface area contributed by atoms with Gasteiger partial charge < -0.3 is 10.6 Å². The Labute approximate surface area is 103 Å². The predicted octanol–water partition coefficient (Wildman–Crippen LogP) is 2.80. The molecule has 0 aliphatic carbocycles. The Bertz CT molecular complexity index is 504. The molecule has 0 fully saturated rings. The molecule has 0 spiro atoms. The van der Waals surface area contributed by atoms with Gasteiger partial charge in [0.1, 0.15) is 0 Å². The number of nitrogen functional groups attached to an aromatic ring is 1. The Balaban J connectivity index is 2.44. The molecule has 2 nitrogen and oxygen atoms in total. The number of hydrogen-bond acceptors (Lipinski definition) is 2. The number of nitrogens with zero attached hydrogens (tertiary/aromatic N) is 1. The molecule has 17 heavy (non-hydrogen) atoms. The third-order valence-corrected chi connectivity index (χ3v) is 2.64. The average molecular weight is 225 g/mol. The van der Waals surface area contributed by atoms with E-state index in [2.05, 4.69) is 49.3 Å². The van der Waals surface area contributed by atoms with E-state index in [0.29, 0.717) is 5.69 Å². The van der Waals surface area contributed by atoms with Gasteiger partial charge in [-0.15, -0.1) is 0 Å². The van der Waals surface area contributed by atoms with Gasteiger partial charge in [0.05, 0.1) is 0 Å². The molecule has 87 valence electrons. The van der Waals surface area contributed by atoms with Gasteiger partial charge in [-0.05, 0) is 36.9 Å². The van der Waals surface area contributed by atoms with Crippen molar-refractivity contribution >= 4 is 5.69 Å². The second kappa shape index (κ2) is 5.02. The van der Waals surface area contributed by atoms with Gasteiger partial charge in [0, 0.05) is 18.3 Å². The van der Waals surface area contributed by atoms with E-state index in [1.54, 1.807) is 0 Å². The van der Waals surface area contributed by atoms with Crippen LogP contribution in [-0.4, -0.2) is 19.0 Å². The van der Waals surface area contributed by atoms with Crippen molar-refractivity contribution in [2.75, 3.05) is 19.8 Å². The van der Waals surface area contributed by atoms with Crippen LogP contribution >= 0.6 is 0 Å². The highest BCUT2D eigenvalue weighted by atomic mass is 15.0. The first-order chi connectivity index (χ1) is 8.16. The largest absolute Gasteiger partial charge is 0.398 e. The standard InChI is InChI=1S/C15H17N2/c1-17(2)11-13-6-3-4-9-15(13)12-7-5-8-14(16)10-12/h3-7,9-10H,11,16H2,1-2H3. The summed E-state index contributed by atoms with van der Waals surface area (Å²) in [6, 6.07) is 17.3. The molecule has 0 aromatic heterocycles. The maximum Gasteiger partial charge on any atom is 0.0400 e. The Morgan fingerprint density at radius 1 is 1.18 bits per heavy atom. The van der Waals surface area contributed by atoms with Crippen LogP contribution in [0.1, 0.15) is 5.56 Å². The molecular weight excluding hydrogens is 208 g/mol. The van der Waals surface area contributed by atoms with Crippen molar-refractivity contribution in [3.63, 3.8) is 0 Å². The molecule has 2 heteroatoms. The predicted molar refractivity (Wildman–Crippen MR) is 72.5 cm³/mol. The molecule has 0 bridgehead atoms. The SMILES string of the molecule is CN(C)Cc1ccccc1-c1cc[c]c(N)c1. The van der Waals surface area contributed by atoms with E-state index in [1.165, 1.54) is 11.1 Å². The number of nitrogens with two attached hydrogens (primary N) is 1. The zero-order valence-electron chi connectivity index (χ0n) is 10.3. The van der Waals surface area contributed by atoms with Crippen LogP contribution in [-0.2, 0) is 6.54 Å². The Kier molecular flexibility index (Phi) is 3.45. The lowest BCUT2D eigenvalue weighted by atomic mass is 9.99. The van der Waals surface area contributed by atoms with Crippen LogP contribution in [0.2, 0.25) is 0 Å². The normalized spacial score (nSPS) is 10.8. The number of hydrogen-bond donors (Lipinski definition) is 1. The van der Waals surface area contributed by atoms with E-state index >= 15 is 0 Å². The molecule has 0 atom stereocenters. The number of benzene rings is 2. The highest BCUT2D eigenvalue weighted by Gasteiger charge is 2.05. The van der Waals surface area contributed by atoms with Gasteiger partial charge in [-0.2, -0.15) is 0 Å². The fourth-order valence-corrected chi connectivity index (χ4v) is 1.93. The second-order valence-corrected chi connectivity index (χ2v) is 4.43. The van der Waals surface area contributed by atoms with Gasteiger partial charge in [-0.1, -0.05) is 36.4 Å². The first kappa shape index (κ1) is 11.7. The summed E-state index contributed by atoms with van der Waals surface area (Å²) >= 11 is 0. The van der Waals surface area contributed by atoms with Gasteiger partial charge in [0.2, 0.25) is 0 Å². The lowest BCUT2D eigenvalue weighted by Crippen LogP contribution is -2.11. The first-order valence-corrected chi connectivity index (χ1v) is 5.67. The van der Waals surface area contributed by atoms with Crippen molar-refractivity contribution in [3.05, 3.63) is 54.1 Å². The van der Waals surface area contributed by atoms with Gasteiger partial charge >= 0.3 is 0 Å². The monoisotopic (exact) mass is 225 g/mol. The minimum Gasteiger partial charge on any atom is -0.398 e. The minimum absolute atomic E-state index is 0.683. The molecule has 2 rings (SSSR count). The Morgan fingerprint density at radius 2 is 1.94 bits per heavy atom. The summed E-state index contributed by atoms with van der Waals surface area (Å²) < 4.78 is 0. The highest BCUT2D eigenvalue weighted by molar-refractivity contribution is 5.70. The summed E-state index contributed by atoms with van der Waals surface area (Å²) in [6.45, 7) is 0.925. The molecule has 0 aliphatic heterocycles. The zero-order chi connectivity index (χ0) is 12.3. The molecule has 1 radical (unpaired) electrons. The summed E-state index contributed by atoms with van der Waals surface area (Å²) in [5.74, 6) is 0. The fourth-order valence-electron chi connectivity index (χ4n) is 1.93. The van der Waals surface area contributed by atoms with E-state index in [9.17, 15) is 0 Å². The van der Waals surface area contributed by atoms with E-state index in [0.717, 1.165) is 12.1 Å². The molecule has 0 saturated heterocycles. The van der Waals surface area contributed by atoms with Crippen LogP contribution in [0.4, 0.5) is 5.69 Å². The summed E-state index contributed by atoms with van der Waals surface area (Å²) in [6.07, 6.45) is 0. The van der Waals surface area contributed by atoms with Gasteiger partial charge in [-0.3, -0.25) is 0 Å². The van der Waals surface area contributed by atoms with Crippen LogP contribution in [0.15, 0.2) is 42.5 Å². The van der Waals surface area contributed by atoms with E-state index in [4.69, 9.17) is 5.73 Å². The summed E-state index contributed by atoms with van der Waals surface area (Å²) in [7, 11) is 4.15. The van der Waals surface area contributed by atoms with Crippen LogP contribution in [0.5, 0.6) is 0 Å². The Hall–Kier alpha value is -1.80. The third-order valence-electron chi connectivity index (χ3n) is 2.64. The molecule has 2 N–H and O–H groups in total. The lowest BCUT2D eigenvalue weighted by molar-refractivity contribution is 0.403. The van der Waals surface area contributed by atoms with Crippen molar-refractivity contribution in [2.24, 2.45) is 0 Å². The maximum absolute atomic E-state index is 5.78. The fraction of sp³-hybridized carbons (Fsp3) is 0.200. The number of anilines is 1. The topological polar surface area (TPSA) is 29.3 Å². The molecule has 0 amide bonds. The van der Waals surface area contributed by atoms with Crippen molar-refractivity contribution in [2.45, 2.75) is 6.54 Å². The van der Waals surface area contributed by atoms with E-state index in [-0.39, 0.29) is 0 Å². The zero-order valence-corrected chi connectivity index (χ0v) is 10.3. The van der Waals surface area contributed by atoms with Gasteiger partial charge in [0.15, 0.2) is 0 Å². The quantitative estimate of drug-likeness (QED) is 0.814. The van der Waals surface area contributed by atoms with Crippen molar-refractivity contribution < 1.29 is 0 Å². The van der Waals surface area contributed by atoms with Crippen LogP contribution in [0.25, 0.3) is 11.1 Å². The Morgan fingerprint density at radius 3 is 2.65 bits per heavy atom. The average Bonchev–Trinajstić information content (AvgIpc) is 2.29. The van der Waals surface area contributed by atoms with Crippen molar-refractivity contribution in [1.82, 2.24) is 4.90 Å². The maximum atomic E-state index is 5.78. The molecule has 2 aromatic carbocycles. The molecule has 0 saturated carbocycles. The van der Waals surface area contributed by atoms with Crippen molar-refractivity contribution in [3.8, 4) is 11.1 Å². The highest BCUT2D eigenvalue weighted by Crippen LogP contribution is 2.25. The lowest BCUT2D eigenvalue weighted by Gasteiger charge is -2.14. The molecule has 0 heterocycles. The van der Waals surface area contributed by atoms with Crippen LogP contribution in [0, 0.1) is 6.07 Å². The third kappa shape index (κ3) is 2.86.